The number of aromatic nitrogens is 2. The number of aromatic amines is 1. The second kappa shape index (κ2) is 8.17. The predicted molar refractivity (Wildman–Crippen MR) is 94.2 cm³/mol. The molecule has 0 unspecified atom stereocenters. The van der Waals surface area contributed by atoms with Crippen molar-refractivity contribution in [2.24, 2.45) is 0 Å². The van der Waals surface area contributed by atoms with Gasteiger partial charge in [-0.2, -0.15) is 5.10 Å². The number of H-pyrrole nitrogens is 1. The number of rotatable bonds is 8. The molecular weight excluding hydrogens is 302 g/mol. The number of benzene rings is 2. The molecule has 0 aliphatic heterocycles. The van der Waals surface area contributed by atoms with Crippen LogP contribution in [0.1, 0.15) is 5.69 Å². The lowest BCUT2D eigenvalue weighted by Gasteiger charge is -2.08. The fourth-order valence-electron chi connectivity index (χ4n) is 2.35. The average molecular weight is 323 g/mol. The normalized spacial score (nSPS) is 10.5. The quantitative estimate of drug-likeness (QED) is 0.625. The Labute approximate surface area is 141 Å². The van der Waals surface area contributed by atoms with E-state index in [1.165, 1.54) is 0 Å². The highest BCUT2D eigenvalue weighted by Crippen LogP contribution is 2.21. The molecule has 2 N–H and O–H groups in total. The van der Waals surface area contributed by atoms with Crippen molar-refractivity contribution in [2.75, 3.05) is 20.3 Å². The first-order chi connectivity index (χ1) is 11.8. The molecule has 1 aromatic heterocycles. The van der Waals surface area contributed by atoms with E-state index in [1.54, 1.807) is 0 Å². The number of nitrogens with zero attached hydrogens (tertiary/aromatic N) is 1. The molecule has 0 aliphatic carbocycles. The first kappa shape index (κ1) is 16.1. The highest BCUT2D eigenvalue weighted by Gasteiger charge is 2.04. The Morgan fingerprint density at radius 1 is 0.917 bits per heavy atom. The maximum Gasteiger partial charge on any atom is 0.122 e. The van der Waals surface area contributed by atoms with Crippen LogP contribution >= 0.6 is 0 Å². The maximum absolute atomic E-state index is 5.70. The Morgan fingerprint density at radius 3 is 2.25 bits per heavy atom. The molecule has 0 spiro atoms. The summed E-state index contributed by atoms with van der Waals surface area (Å²) < 4.78 is 11.3. The summed E-state index contributed by atoms with van der Waals surface area (Å²) in [5.74, 6) is 1.67. The molecule has 0 saturated heterocycles. The summed E-state index contributed by atoms with van der Waals surface area (Å²) in [6, 6.07) is 19.7. The number of hydrogen-bond acceptors (Lipinski definition) is 4. The average Bonchev–Trinajstić information content (AvgIpc) is 3.09. The minimum Gasteiger partial charge on any atom is -0.490 e. The van der Waals surface area contributed by atoms with Crippen molar-refractivity contribution in [3.05, 3.63) is 66.4 Å². The van der Waals surface area contributed by atoms with Crippen LogP contribution in [-0.2, 0) is 6.54 Å². The van der Waals surface area contributed by atoms with Crippen LogP contribution in [0.2, 0.25) is 0 Å². The van der Waals surface area contributed by atoms with E-state index in [9.17, 15) is 0 Å². The van der Waals surface area contributed by atoms with E-state index in [1.807, 2.05) is 67.7 Å². The molecule has 0 atom stereocenters. The Balaban J connectivity index is 1.49. The summed E-state index contributed by atoms with van der Waals surface area (Å²) in [5.41, 5.74) is 3.05. The van der Waals surface area contributed by atoms with E-state index in [-0.39, 0.29) is 0 Å². The zero-order valence-electron chi connectivity index (χ0n) is 13.7. The van der Waals surface area contributed by atoms with Crippen LogP contribution in [-0.4, -0.2) is 30.5 Å². The van der Waals surface area contributed by atoms with Gasteiger partial charge < -0.3 is 14.8 Å². The monoisotopic (exact) mass is 323 g/mol. The Hall–Kier alpha value is -2.79. The highest BCUT2D eigenvalue weighted by molar-refractivity contribution is 5.60. The number of ether oxygens (including phenoxy) is 2. The largest absolute Gasteiger partial charge is 0.490 e. The number of para-hydroxylation sites is 1. The van der Waals surface area contributed by atoms with Crippen LogP contribution in [0.15, 0.2) is 60.7 Å². The van der Waals surface area contributed by atoms with E-state index in [2.05, 4.69) is 15.5 Å². The first-order valence-corrected chi connectivity index (χ1v) is 7.95. The minimum atomic E-state index is 0.503. The van der Waals surface area contributed by atoms with Gasteiger partial charge in [-0.3, -0.25) is 5.10 Å². The van der Waals surface area contributed by atoms with E-state index in [0.29, 0.717) is 13.2 Å². The van der Waals surface area contributed by atoms with E-state index >= 15 is 0 Å². The lowest BCUT2D eigenvalue weighted by atomic mass is 10.1. The van der Waals surface area contributed by atoms with Gasteiger partial charge in [-0.05, 0) is 49.5 Å². The van der Waals surface area contributed by atoms with Gasteiger partial charge in [-0.25, -0.2) is 0 Å². The lowest BCUT2D eigenvalue weighted by molar-refractivity contribution is 0.217. The second-order valence-electron chi connectivity index (χ2n) is 5.34. The van der Waals surface area contributed by atoms with Crippen molar-refractivity contribution in [3.8, 4) is 22.8 Å². The summed E-state index contributed by atoms with van der Waals surface area (Å²) in [5, 5.41) is 10.4. The van der Waals surface area contributed by atoms with Crippen LogP contribution in [0.4, 0.5) is 0 Å². The molecule has 5 heteroatoms. The summed E-state index contributed by atoms with van der Waals surface area (Å²) >= 11 is 0. The van der Waals surface area contributed by atoms with Crippen LogP contribution in [0.25, 0.3) is 11.3 Å². The molecule has 3 rings (SSSR count). The van der Waals surface area contributed by atoms with Gasteiger partial charge in [-0.15, -0.1) is 0 Å². The van der Waals surface area contributed by atoms with Crippen LogP contribution in [0.3, 0.4) is 0 Å². The third kappa shape index (κ3) is 4.36. The molecule has 0 radical (unpaired) electrons. The van der Waals surface area contributed by atoms with Crippen molar-refractivity contribution in [1.82, 2.24) is 15.5 Å². The zero-order chi connectivity index (χ0) is 16.6. The predicted octanol–water partition coefficient (Wildman–Crippen LogP) is 3.25. The standard InChI is InChI=1S/C19H21N3O2/c1-20-14-16-13-19(22-21-16)15-7-9-18(10-8-15)24-12-11-23-17-5-3-2-4-6-17/h2-10,13,20H,11-12,14H2,1H3,(H,21,22). The maximum atomic E-state index is 5.70. The first-order valence-electron chi connectivity index (χ1n) is 7.95. The zero-order valence-corrected chi connectivity index (χ0v) is 13.7. The highest BCUT2D eigenvalue weighted by atomic mass is 16.5. The molecule has 2 aromatic carbocycles. The molecule has 0 amide bonds. The molecule has 0 fully saturated rings. The molecule has 5 nitrogen and oxygen atoms in total. The van der Waals surface area contributed by atoms with Crippen molar-refractivity contribution in [2.45, 2.75) is 6.54 Å². The molecule has 0 saturated carbocycles. The Kier molecular flexibility index (Phi) is 5.48. The number of nitrogens with one attached hydrogen (secondary N) is 2. The lowest BCUT2D eigenvalue weighted by Crippen LogP contribution is -2.08. The summed E-state index contributed by atoms with van der Waals surface area (Å²) in [6.07, 6.45) is 0. The third-order valence-corrected chi connectivity index (χ3v) is 3.51. The van der Waals surface area contributed by atoms with Crippen molar-refractivity contribution >= 4 is 0 Å². The molecule has 3 aromatic rings. The summed E-state index contributed by atoms with van der Waals surface area (Å²) in [6.45, 7) is 1.79. The molecular formula is C19H21N3O2. The van der Waals surface area contributed by atoms with Gasteiger partial charge in [0.15, 0.2) is 0 Å². The Bertz CT molecular complexity index is 739. The fourth-order valence-corrected chi connectivity index (χ4v) is 2.35. The van der Waals surface area contributed by atoms with E-state index in [0.717, 1.165) is 35.0 Å². The van der Waals surface area contributed by atoms with Gasteiger partial charge >= 0.3 is 0 Å². The SMILES string of the molecule is CNCc1cc(-c2ccc(OCCOc3ccccc3)cc2)n[nH]1. The second-order valence-corrected chi connectivity index (χ2v) is 5.34. The van der Waals surface area contributed by atoms with Crippen LogP contribution < -0.4 is 14.8 Å². The van der Waals surface area contributed by atoms with Gasteiger partial charge in [0, 0.05) is 17.8 Å². The third-order valence-electron chi connectivity index (χ3n) is 3.51. The topological polar surface area (TPSA) is 59.2 Å². The number of hydrogen-bond donors (Lipinski definition) is 2. The molecule has 0 aliphatic rings. The molecule has 124 valence electrons. The smallest absolute Gasteiger partial charge is 0.122 e. The van der Waals surface area contributed by atoms with Gasteiger partial charge in [0.25, 0.3) is 0 Å². The van der Waals surface area contributed by atoms with Crippen molar-refractivity contribution in [1.29, 1.82) is 0 Å². The van der Waals surface area contributed by atoms with Crippen LogP contribution in [0, 0.1) is 0 Å². The Morgan fingerprint density at radius 2 is 1.58 bits per heavy atom. The van der Waals surface area contributed by atoms with Gasteiger partial charge in [-0.1, -0.05) is 18.2 Å². The van der Waals surface area contributed by atoms with Gasteiger partial charge in [0.05, 0.1) is 5.69 Å². The molecule has 1 heterocycles. The van der Waals surface area contributed by atoms with E-state index < -0.39 is 0 Å². The summed E-state index contributed by atoms with van der Waals surface area (Å²) in [4.78, 5) is 0. The van der Waals surface area contributed by atoms with E-state index in [4.69, 9.17) is 9.47 Å². The molecule has 24 heavy (non-hydrogen) atoms. The fraction of sp³-hybridized carbons (Fsp3) is 0.211. The summed E-state index contributed by atoms with van der Waals surface area (Å²) in [7, 11) is 1.91. The minimum absolute atomic E-state index is 0.503. The van der Waals surface area contributed by atoms with Gasteiger partial charge in [0.1, 0.15) is 24.7 Å². The van der Waals surface area contributed by atoms with Gasteiger partial charge in [0.2, 0.25) is 0 Å². The van der Waals surface area contributed by atoms with Crippen molar-refractivity contribution in [3.63, 3.8) is 0 Å². The van der Waals surface area contributed by atoms with Crippen LogP contribution in [0.5, 0.6) is 11.5 Å². The molecule has 0 bridgehead atoms. The van der Waals surface area contributed by atoms with Crippen molar-refractivity contribution < 1.29 is 9.47 Å².